The van der Waals surface area contributed by atoms with Gasteiger partial charge in [-0.3, -0.25) is 4.57 Å². The molecule has 29 heavy (non-hydrogen) atoms. The van der Waals surface area contributed by atoms with Crippen LogP contribution in [0.3, 0.4) is 0 Å². The van der Waals surface area contributed by atoms with Crippen LogP contribution in [0.2, 0.25) is 0 Å². The fourth-order valence-electron chi connectivity index (χ4n) is 3.22. The zero-order chi connectivity index (χ0) is 20.2. The number of rotatable bonds is 8. The normalized spacial score (nSPS) is 15.6. The molecule has 4 rings (SSSR count). The third kappa shape index (κ3) is 4.23. The van der Waals surface area contributed by atoms with Crippen molar-refractivity contribution < 1.29 is 9.47 Å². The van der Waals surface area contributed by atoms with Crippen molar-refractivity contribution in [2.24, 2.45) is 10.7 Å². The number of methoxy groups -OCH3 is 1. The Morgan fingerprint density at radius 1 is 1.24 bits per heavy atom. The van der Waals surface area contributed by atoms with E-state index in [1.807, 2.05) is 29.0 Å². The Morgan fingerprint density at radius 3 is 2.83 bits per heavy atom. The minimum atomic E-state index is -0.674. The Kier molecular flexibility index (Phi) is 5.45. The number of H-pyrrole nitrogens is 1. The molecule has 0 bridgehead atoms. The van der Waals surface area contributed by atoms with Gasteiger partial charge in [0.1, 0.15) is 11.5 Å². The van der Waals surface area contributed by atoms with E-state index < -0.39 is 6.35 Å². The van der Waals surface area contributed by atoms with Crippen LogP contribution in [0.1, 0.15) is 16.8 Å². The average Bonchev–Trinajstić information content (AvgIpc) is 3.32. The first-order valence-electron chi connectivity index (χ1n) is 9.21. The van der Waals surface area contributed by atoms with Crippen LogP contribution in [0.4, 0.5) is 5.82 Å². The molecule has 0 aliphatic carbocycles. The number of amidine groups is 1. The number of anilines is 1. The fraction of sp³-hybridized carbons (Fsp3) is 0.316. The van der Waals surface area contributed by atoms with Crippen LogP contribution >= 0.6 is 0 Å². The summed E-state index contributed by atoms with van der Waals surface area (Å²) in [6.07, 6.45) is 4.76. The minimum absolute atomic E-state index is 0.228. The number of fused-ring (bicyclic) bond motifs is 1. The molecule has 0 saturated carbocycles. The molecule has 2 aromatic heterocycles. The zero-order valence-corrected chi connectivity index (χ0v) is 16.0. The first-order valence-corrected chi connectivity index (χ1v) is 9.21. The maximum absolute atomic E-state index is 12.5. The standard InChI is InChI=1S/C19H23N7O3/c1-28-7-8-29-18-23-16(20)15-17(24-18)26(19(27)22-15)11-14-4-2-3-13(9-14)10-25-6-5-21-12-25/h2-6,9,12,18,24H,7-8,10-11H2,1H3,(H2,20,23)(H,22,27). The number of nitrogens with zero attached hydrogens (tertiary/aromatic N) is 4. The van der Waals surface area contributed by atoms with Crippen LogP contribution in [0, 0.1) is 0 Å². The molecule has 4 N–H and O–H groups in total. The highest BCUT2D eigenvalue weighted by Gasteiger charge is 2.25. The Balaban J connectivity index is 1.55. The summed E-state index contributed by atoms with van der Waals surface area (Å²) < 4.78 is 14.2. The van der Waals surface area contributed by atoms with Gasteiger partial charge in [0.25, 0.3) is 0 Å². The van der Waals surface area contributed by atoms with Crippen LogP contribution in [-0.2, 0) is 22.6 Å². The molecular formula is C19H23N7O3. The first-order chi connectivity index (χ1) is 14.1. The lowest BCUT2D eigenvalue weighted by atomic mass is 10.1. The summed E-state index contributed by atoms with van der Waals surface area (Å²) in [5, 5.41) is 3.12. The van der Waals surface area contributed by atoms with Crippen LogP contribution in [0.25, 0.3) is 0 Å². The molecule has 0 radical (unpaired) electrons. The van der Waals surface area contributed by atoms with Crippen molar-refractivity contribution in [1.82, 2.24) is 19.1 Å². The lowest BCUT2D eigenvalue weighted by Gasteiger charge is -2.22. The monoisotopic (exact) mass is 397 g/mol. The predicted molar refractivity (Wildman–Crippen MR) is 108 cm³/mol. The van der Waals surface area contributed by atoms with Crippen molar-refractivity contribution in [2.45, 2.75) is 19.4 Å². The number of hydrogen-bond donors (Lipinski definition) is 3. The van der Waals surface area contributed by atoms with E-state index in [1.165, 1.54) is 0 Å². The molecule has 10 heteroatoms. The smallest absolute Gasteiger partial charge is 0.328 e. The predicted octanol–water partition coefficient (Wildman–Crippen LogP) is 0.547. The van der Waals surface area contributed by atoms with E-state index in [1.54, 1.807) is 24.2 Å². The molecule has 3 aromatic rings. The molecule has 0 spiro atoms. The van der Waals surface area contributed by atoms with Crippen LogP contribution in [-0.4, -0.2) is 51.6 Å². The number of nitrogens with one attached hydrogen (secondary N) is 2. The Bertz CT molecular complexity index is 1050. The molecule has 1 aliphatic rings. The summed E-state index contributed by atoms with van der Waals surface area (Å²) in [5.74, 6) is 0.788. The van der Waals surface area contributed by atoms with Crippen molar-refractivity contribution in [3.63, 3.8) is 0 Å². The second-order valence-electron chi connectivity index (χ2n) is 6.67. The maximum atomic E-state index is 12.5. The van der Waals surface area contributed by atoms with Gasteiger partial charge < -0.3 is 30.1 Å². The van der Waals surface area contributed by atoms with E-state index in [-0.39, 0.29) is 11.5 Å². The highest BCUT2D eigenvalue weighted by Crippen LogP contribution is 2.20. The van der Waals surface area contributed by atoms with Gasteiger partial charge in [0, 0.05) is 26.0 Å². The SMILES string of the molecule is COCCOC1N=C(N)c2[nH]c(=O)n(Cc3cccc(Cn4ccnc4)c3)c2N1. The van der Waals surface area contributed by atoms with Crippen LogP contribution in [0.5, 0.6) is 0 Å². The van der Waals surface area contributed by atoms with Crippen molar-refractivity contribution in [3.05, 3.63) is 70.3 Å². The molecule has 0 amide bonds. The fourth-order valence-corrected chi connectivity index (χ4v) is 3.22. The van der Waals surface area contributed by atoms with Crippen molar-refractivity contribution in [3.8, 4) is 0 Å². The first kappa shape index (κ1) is 19.0. The van der Waals surface area contributed by atoms with Gasteiger partial charge in [-0.1, -0.05) is 24.3 Å². The van der Waals surface area contributed by atoms with Crippen molar-refractivity contribution in [1.29, 1.82) is 0 Å². The average molecular weight is 397 g/mol. The third-order valence-corrected chi connectivity index (χ3v) is 4.58. The molecule has 0 saturated heterocycles. The quantitative estimate of drug-likeness (QED) is 0.477. The molecule has 1 aromatic carbocycles. The maximum Gasteiger partial charge on any atom is 0.328 e. The molecule has 1 atom stereocenters. The summed E-state index contributed by atoms with van der Waals surface area (Å²) in [6, 6.07) is 8.07. The number of benzene rings is 1. The molecule has 0 fully saturated rings. The number of nitrogens with two attached hydrogens (primary N) is 1. The molecule has 3 heterocycles. The number of aromatic amines is 1. The van der Waals surface area contributed by atoms with Crippen LogP contribution in [0.15, 0.2) is 52.8 Å². The van der Waals surface area contributed by atoms with Gasteiger partial charge in [0.2, 0.25) is 6.35 Å². The largest absolute Gasteiger partial charge is 0.382 e. The number of ether oxygens (including phenoxy) is 2. The second-order valence-corrected chi connectivity index (χ2v) is 6.67. The molecular weight excluding hydrogens is 374 g/mol. The second kappa shape index (κ2) is 8.33. The Labute approximate surface area is 167 Å². The molecule has 1 unspecified atom stereocenters. The summed E-state index contributed by atoms with van der Waals surface area (Å²) in [6.45, 7) is 1.88. The Hall–Kier alpha value is -3.37. The van der Waals surface area contributed by atoms with E-state index in [0.717, 1.165) is 11.1 Å². The van der Waals surface area contributed by atoms with Gasteiger partial charge in [-0.05, 0) is 11.1 Å². The van der Waals surface area contributed by atoms with Gasteiger partial charge in [-0.25, -0.2) is 14.8 Å². The zero-order valence-electron chi connectivity index (χ0n) is 16.0. The summed E-state index contributed by atoms with van der Waals surface area (Å²) in [7, 11) is 1.60. The van der Waals surface area contributed by atoms with Crippen molar-refractivity contribution in [2.75, 3.05) is 25.6 Å². The van der Waals surface area contributed by atoms with Gasteiger partial charge in [0.05, 0.1) is 26.1 Å². The van der Waals surface area contributed by atoms with E-state index in [4.69, 9.17) is 15.2 Å². The van der Waals surface area contributed by atoms with Gasteiger partial charge in [-0.2, -0.15) is 0 Å². The van der Waals surface area contributed by atoms with Crippen molar-refractivity contribution >= 4 is 11.7 Å². The Morgan fingerprint density at radius 2 is 2.07 bits per heavy atom. The van der Waals surface area contributed by atoms with Gasteiger partial charge in [0.15, 0.2) is 5.84 Å². The lowest BCUT2D eigenvalue weighted by molar-refractivity contribution is 0.0341. The molecule has 1 aliphatic heterocycles. The summed E-state index contributed by atoms with van der Waals surface area (Å²) in [4.78, 5) is 23.6. The van der Waals surface area contributed by atoms with E-state index >= 15 is 0 Å². The highest BCUT2D eigenvalue weighted by molar-refractivity contribution is 6.01. The van der Waals surface area contributed by atoms with Crippen LogP contribution < -0.4 is 16.7 Å². The summed E-state index contributed by atoms with van der Waals surface area (Å²) in [5.41, 5.74) is 8.34. The number of hydrogen-bond acceptors (Lipinski definition) is 7. The van der Waals surface area contributed by atoms with Gasteiger partial charge in [-0.15, -0.1) is 0 Å². The third-order valence-electron chi connectivity index (χ3n) is 4.58. The number of aliphatic imine (C=N–C) groups is 1. The van der Waals surface area contributed by atoms with E-state index in [0.29, 0.717) is 37.8 Å². The van der Waals surface area contributed by atoms with Gasteiger partial charge >= 0.3 is 5.69 Å². The summed E-state index contributed by atoms with van der Waals surface area (Å²) >= 11 is 0. The van der Waals surface area contributed by atoms with E-state index in [9.17, 15) is 4.79 Å². The number of imidazole rings is 2. The lowest BCUT2D eigenvalue weighted by Crippen LogP contribution is -2.33. The highest BCUT2D eigenvalue weighted by atomic mass is 16.5. The topological polar surface area (TPSA) is 124 Å². The minimum Gasteiger partial charge on any atom is -0.382 e. The van der Waals surface area contributed by atoms with E-state index in [2.05, 4.69) is 26.3 Å². The molecule has 10 nitrogen and oxygen atoms in total. The number of aromatic nitrogens is 4. The molecule has 152 valence electrons.